The molecule has 2 nitrogen and oxygen atoms in total. The molecule has 0 saturated heterocycles. The van der Waals surface area contributed by atoms with Crippen LogP contribution in [-0.2, 0) is 17.6 Å². The normalized spacial score (nSPS) is 13.8. The van der Waals surface area contributed by atoms with Gasteiger partial charge in [-0.05, 0) is 49.8 Å². The fraction of sp³-hybridized carbons (Fsp3) is 0.350. The van der Waals surface area contributed by atoms with Gasteiger partial charge in [0, 0.05) is 18.7 Å². The van der Waals surface area contributed by atoms with Gasteiger partial charge >= 0.3 is 0 Å². The van der Waals surface area contributed by atoms with E-state index in [2.05, 4.69) is 56.3 Å². The molecule has 0 aromatic heterocycles. The maximum atomic E-state index is 12.7. The van der Waals surface area contributed by atoms with E-state index in [-0.39, 0.29) is 5.91 Å². The lowest BCUT2D eigenvalue weighted by atomic mass is 9.97. The van der Waals surface area contributed by atoms with Crippen molar-refractivity contribution >= 4 is 11.6 Å². The number of carbonyl (C=O) groups is 1. The Morgan fingerprint density at radius 1 is 1.14 bits per heavy atom. The number of anilines is 1. The van der Waals surface area contributed by atoms with Crippen molar-refractivity contribution in [1.82, 2.24) is 0 Å². The predicted molar refractivity (Wildman–Crippen MR) is 91.4 cm³/mol. The Bertz CT molecular complexity index is 690. The highest BCUT2D eigenvalue weighted by atomic mass is 16.2. The summed E-state index contributed by atoms with van der Waals surface area (Å²) in [5.41, 5.74) is 6.18. The van der Waals surface area contributed by atoms with Gasteiger partial charge in [0.1, 0.15) is 0 Å². The molecule has 0 radical (unpaired) electrons. The number of amides is 1. The summed E-state index contributed by atoms with van der Waals surface area (Å²) >= 11 is 0. The van der Waals surface area contributed by atoms with Crippen LogP contribution in [-0.4, -0.2) is 12.5 Å². The Balaban J connectivity index is 1.74. The average molecular weight is 293 g/mol. The summed E-state index contributed by atoms with van der Waals surface area (Å²) in [5.74, 6) is 0.247. The lowest BCUT2D eigenvalue weighted by Crippen LogP contribution is -2.36. The summed E-state index contributed by atoms with van der Waals surface area (Å²) in [4.78, 5) is 14.7. The Morgan fingerprint density at radius 3 is 2.77 bits per heavy atom. The number of carbonyl (C=O) groups excluding carboxylic acids is 1. The standard InChI is InChI=1S/C20H23NO/c1-15-6-3-8-17(14-15)11-12-19(22)21-13-5-10-18-9-4-7-16(2)20(18)21/h3-4,6-9,14H,5,10-13H2,1-2H3. The van der Waals surface area contributed by atoms with Crippen molar-refractivity contribution < 1.29 is 4.79 Å². The molecule has 2 heteroatoms. The smallest absolute Gasteiger partial charge is 0.227 e. The minimum atomic E-state index is 0.247. The number of aryl methyl sites for hydroxylation is 4. The third kappa shape index (κ3) is 3.06. The molecule has 3 rings (SSSR count). The second kappa shape index (κ2) is 6.35. The van der Waals surface area contributed by atoms with Gasteiger partial charge in [0.05, 0.1) is 0 Å². The minimum absolute atomic E-state index is 0.247. The molecule has 0 N–H and O–H groups in total. The van der Waals surface area contributed by atoms with Gasteiger partial charge in [-0.1, -0.05) is 48.0 Å². The van der Waals surface area contributed by atoms with Crippen molar-refractivity contribution in [3.63, 3.8) is 0 Å². The number of hydrogen-bond acceptors (Lipinski definition) is 1. The maximum Gasteiger partial charge on any atom is 0.227 e. The van der Waals surface area contributed by atoms with E-state index in [0.29, 0.717) is 6.42 Å². The van der Waals surface area contributed by atoms with E-state index in [0.717, 1.165) is 31.5 Å². The van der Waals surface area contributed by atoms with Gasteiger partial charge in [-0.3, -0.25) is 4.79 Å². The highest BCUT2D eigenvalue weighted by molar-refractivity contribution is 5.95. The van der Waals surface area contributed by atoms with Crippen molar-refractivity contribution in [3.05, 3.63) is 64.7 Å². The fourth-order valence-corrected chi connectivity index (χ4v) is 3.35. The first kappa shape index (κ1) is 14.8. The summed E-state index contributed by atoms with van der Waals surface area (Å²) in [6.07, 6.45) is 3.54. The van der Waals surface area contributed by atoms with Gasteiger partial charge in [-0.15, -0.1) is 0 Å². The Morgan fingerprint density at radius 2 is 1.95 bits per heavy atom. The number of fused-ring (bicyclic) bond motifs is 1. The summed E-state index contributed by atoms with van der Waals surface area (Å²) < 4.78 is 0. The van der Waals surface area contributed by atoms with E-state index < -0.39 is 0 Å². The largest absolute Gasteiger partial charge is 0.312 e. The second-order valence-electron chi connectivity index (χ2n) is 6.22. The van der Waals surface area contributed by atoms with Gasteiger partial charge in [0.25, 0.3) is 0 Å². The SMILES string of the molecule is Cc1cccc(CCC(=O)N2CCCc3cccc(C)c32)c1. The monoisotopic (exact) mass is 293 g/mol. The van der Waals surface area contributed by atoms with Gasteiger partial charge in [-0.25, -0.2) is 0 Å². The molecular weight excluding hydrogens is 270 g/mol. The van der Waals surface area contributed by atoms with E-state index in [1.54, 1.807) is 0 Å². The van der Waals surface area contributed by atoms with Crippen LogP contribution >= 0.6 is 0 Å². The molecule has 0 spiro atoms. The van der Waals surface area contributed by atoms with Crippen LogP contribution in [0.4, 0.5) is 5.69 Å². The van der Waals surface area contributed by atoms with Crippen LogP contribution in [0.15, 0.2) is 42.5 Å². The molecule has 114 valence electrons. The molecule has 1 aliphatic rings. The summed E-state index contributed by atoms with van der Waals surface area (Å²) in [7, 11) is 0. The minimum Gasteiger partial charge on any atom is -0.312 e. The molecule has 2 aromatic rings. The lowest BCUT2D eigenvalue weighted by Gasteiger charge is -2.31. The first-order valence-electron chi connectivity index (χ1n) is 8.09. The first-order chi connectivity index (χ1) is 10.6. The van der Waals surface area contributed by atoms with Crippen LogP contribution in [0.25, 0.3) is 0 Å². The molecule has 1 heterocycles. The van der Waals surface area contributed by atoms with Crippen LogP contribution in [0, 0.1) is 13.8 Å². The maximum absolute atomic E-state index is 12.7. The molecular formula is C20H23NO. The number of benzene rings is 2. The van der Waals surface area contributed by atoms with Crippen molar-refractivity contribution in [1.29, 1.82) is 0 Å². The summed E-state index contributed by atoms with van der Waals surface area (Å²) in [6.45, 7) is 5.05. The first-order valence-corrected chi connectivity index (χ1v) is 8.09. The van der Waals surface area contributed by atoms with Crippen LogP contribution in [0.5, 0.6) is 0 Å². The van der Waals surface area contributed by atoms with Crippen LogP contribution in [0.1, 0.15) is 35.1 Å². The second-order valence-corrected chi connectivity index (χ2v) is 6.22. The zero-order valence-electron chi connectivity index (χ0n) is 13.4. The van der Waals surface area contributed by atoms with Gasteiger partial charge in [0.2, 0.25) is 5.91 Å². The highest BCUT2D eigenvalue weighted by Crippen LogP contribution is 2.31. The van der Waals surface area contributed by atoms with Gasteiger partial charge in [0.15, 0.2) is 0 Å². The molecule has 0 unspecified atom stereocenters. The summed E-state index contributed by atoms with van der Waals surface area (Å²) in [6, 6.07) is 14.8. The third-order valence-electron chi connectivity index (χ3n) is 4.43. The zero-order valence-corrected chi connectivity index (χ0v) is 13.4. The highest BCUT2D eigenvalue weighted by Gasteiger charge is 2.23. The molecule has 0 fully saturated rings. The van der Waals surface area contributed by atoms with E-state index in [4.69, 9.17) is 0 Å². The number of nitrogens with zero attached hydrogens (tertiary/aromatic N) is 1. The predicted octanol–water partition coefficient (Wildman–Crippen LogP) is 4.22. The molecule has 0 bridgehead atoms. The average Bonchev–Trinajstić information content (AvgIpc) is 2.52. The number of rotatable bonds is 3. The van der Waals surface area contributed by atoms with Crippen LogP contribution in [0.2, 0.25) is 0 Å². The molecule has 0 atom stereocenters. The molecule has 0 saturated carbocycles. The van der Waals surface area contributed by atoms with Crippen molar-refractivity contribution in [2.24, 2.45) is 0 Å². The molecule has 2 aromatic carbocycles. The van der Waals surface area contributed by atoms with E-state index in [1.807, 2.05) is 4.90 Å². The molecule has 22 heavy (non-hydrogen) atoms. The Hall–Kier alpha value is -2.09. The molecule has 0 aliphatic carbocycles. The third-order valence-corrected chi connectivity index (χ3v) is 4.43. The number of para-hydroxylation sites is 1. The fourth-order valence-electron chi connectivity index (χ4n) is 3.35. The van der Waals surface area contributed by atoms with Crippen molar-refractivity contribution in [2.45, 2.75) is 39.5 Å². The van der Waals surface area contributed by atoms with Crippen LogP contribution < -0.4 is 4.90 Å². The lowest BCUT2D eigenvalue weighted by molar-refractivity contribution is -0.118. The Labute approximate surface area is 132 Å². The van der Waals surface area contributed by atoms with E-state index >= 15 is 0 Å². The quantitative estimate of drug-likeness (QED) is 0.830. The van der Waals surface area contributed by atoms with Gasteiger partial charge in [-0.2, -0.15) is 0 Å². The van der Waals surface area contributed by atoms with E-state index in [9.17, 15) is 4.79 Å². The molecule has 1 amide bonds. The number of hydrogen-bond donors (Lipinski definition) is 0. The van der Waals surface area contributed by atoms with Crippen molar-refractivity contribution in [2.75, 3.05) is 11.4 Å². The van der Waals surface area contributed by atoms with Gasteiger partial charge < -0.3 is 4.90 Å². The van der Waals surface area contributed by atoms with Crippen LogP contribution in [0.3, 0.4) is 0 Å². The Kier molecular flexibility index (Phi) is 4.28. The van der Waals surface area contributed by atoms with E-state index in [1.165, 1.54) is 22.3 Å². The molecule has 1 aliphatic heterocycles. The zero-order chi connectivity index (χ0) is 15.5. The van der Waals surface area contributed by atoms with Crippen molar-refractivity contribution in [3.8, 4) is 0 Å². The topological polar surface area (TPSA) is 20.3 Å². The summed E-state index contributed by atoms with van der Waals surface area (Å²) in [5, 5.41) is 0.